The zero-order valence-electron chi connectivity index (χ0n) is 16.9. The Morgan fingerprint density at radius 2 is 2.21 bits per heavy atom. The van der Waals surface area contributed by atoms with Gasteiger partial charge in [0.2, 0.25) is 11.9 Å². The summed E-state index contributed by atoms with van der Waals surface area (Å²) < 4.78 is 22.9. The molecule has 0 bridgehead atoms. The third-order valence-electron chi connectivity index (χ3n) is 5.45. The van der Waals surface area contributed by atoms with E-state index in [0.717, 1.165) is 0 Å². The minimum Gasteiger partial charge on any atom is -0.371 e. The first-order chi connectivity index (χ1) is 13.3. The maximum absolute atomic E-state index is 15.2. The van der Waals surface area contributed by atoms with E-state index < -0.39 is 18.0 Å². The van der Waals surface area contributed by atoms with Crippen LogP contribution in [0.15, 0.2) is 19.0 Å². The fraction of sp³-hybridized carbons (Fsp3) is 0.579. The van der Waals surface area contributed by atoms with Gasteiger partial charge in [0.1, 0.15) is 0 Å². The summed E-state index contributed by atoms with van der Waals surface area (Å²) in [5.41, 5.74) is 0.101. The summed E-state index contributed by atoms with van der Waals surface area (Å²) in [5, 5.41) is 5.63. The van der Waals surface area contributed by atoms with E-state index in [1.165, 1.54) is 6.33 Å². The Morgan fingerprint density at radius 1 is 1.50 bits per heavy atom. The minimum atomic E-state index is -1.27. The number of hydrogen-bond donors (Lipinski definition) is 2. The van der Waals surface area contributed by atoms with Crippen LogP contribution in [0.25, 0.3) is 11.2 Å². The van der Waals surface area contributed by atoms with Gasteiger partial charge in [-0.3, -0.25) is 14.7 Å². The van der Waals surface area contributed by atoms with Crippen molar-refractivity contribution in [2.24, 2.45) is 11.8 Å². The van der Waals surface area contributed by atoms with Crippen LogP contribution >= 0.6 is 0 Å². The lowest BCUT2D eigenvalue weighted by molar-refractivity contribution is -0.118. The number of amides is 1. The lowest BCUT2D eigenvalue weighted by atomic mass is 9.85. The second kappa shape index (κ2) is 7.46. The molecule has 2 N–H and O–H groups in total. The molecule has 2 aromatic heterocycles. The van der Waals surface area contributed by atoms with Crippen molar-refractivity contribution in [1.29, 1.82) is 0 Å². The third kappa shape index (κ3) is 3.13. The van der Waals surface area contributed by atoms with Crippen LogP contribution in [-0.2, 0) is 9.53 Å². The molecular formula is C19H27FN6O2. The number of nitrogens with one attached hydrogen (secondary N) is 2. The van der Waals surface area contributed by atoms with E-state index in [2.05, 4.69) is 32.2 Å². The van der Waals surface area contributed by atoms with Gasteiger partial charge >= 0.3 is 0 Å². The molecule has 0 radical (unpaired) electrons. The van der Waals surface area contributed by atoms with Crippen LogP contribution < -0.4 is 10.6 Å². The van der Waals surface area contributed by atoms with Gasteiger partial charge in [-0.1, -0.05) is 33.8 Å². The van der Waals surface area contributed by atoms with Gasteiger partial charge in [-0.15, -0.1) is 6.58 Å². The lowest BCUT2D eigenvalue weighted by Gasteiger charge is -2.27. The first-order valence-corrected chi connectivity index (χ1v) is 9.46. The Kier molecular flexibility index (Phi) is 5.38. The highest BCUT2D eigenvalue weighted by Gasteiger charge is 2.51. The number of alkyl halides is 1. The number of carbonyl (C=O) groups excluding carboxylic acids is 1. The summed E-state index contributed by atoms with van der Waals surface area (Å²) in [7, 11) is 1.70. The van der Waals surface area contributed by atoms with E-state index in [-0.39, 0.29) is 23.7 Å². The summed E-state index contributed by atoms with van der Waals surface area (Å²) >= 11 is 0. The molecule has 1 aliphatic heterocycles. The van der Waals surface area contributed by atoms with Gasteiger partial charge in [-0.2, -0.15) is 9.97 Å². The maximum Gasteiger partial charge on any atom is 0.233 e. The number of hydrogen-bond acceptors (Lipinski definition) is 6. The van der Waals surface area contributed by atoms with Gasteiger partial charge in [0.05, 0.1) is 11.9 Å². The number of fused-ring (bicyclic) bond motifs is 1. The summed E-state index contributed by atoms with van der Waals surface area (Å²) in [6.45, 7) is 11.2. The van der Waals surface area contributed by atoms with Crippen LogP contribution in [0.3, 0.4) is 0 Å². The van der Waals surface area contributed by atoms with Crippen LogP contribution in [0.5, 0.6) is 0 Å². The summed E-state index contributed by atoms with van der Waals surface area (Å²) in [6.07, 6.45) is 1.61. The Balaban J connectivity index is 2.07. The third-order valence-corrected chi connectivity index (χ3v) is 5.45. The van der Waals surface area contributed by atoms with E-state index >= 15 is 4.39 Å². The second-order valence-corrected chi connectivity index (χ2v) is 7.37. The van der Waals surface area contributed by atoms with Crippen LogP contribution in [0.2, 0.25) is 0 Å². The predicted octanol–water partition coefficient (Wildman–Crippen LogP) is 3.30. The maximum atomic E-state index is 15.2. The standard InChI is InChI=1S/C19H27FN6O2/c1-7-19(8-2)11(5)12(20)17(28-19)26-9-22-13-14(21-6)23-18(24-15(13)26)25-16(27)10(3)4/h7,9-12,17H,1,8H2,2-6H3,(H2,21,23,24,25,27)/t11-,12+,17+,19+/m0/s1. The number of carbonyl (C=O) groups is 1. The van der Waals surface area contributed by atoms with Gasteiger partial charge in [0.15, 0.2) is 29.4 Å². The normalized spacial score (nSPS) is 27.3. The Hall–Kier alpha value is -2.55. The molecule has 0 spiro atoms. The molecule has 0 aliphatic carbocycles. The van der Waals surface area contributed by atoms with E-state index in [4.69, 9.17) is 4.74 Å². The molecular weight excluding hydrogens is 363 g/mol. The number of nitrogens with zero attached hydrogens (tertiary/aromatic N) is 4. The fourth-order valence-corrected chi connectivity index (χ4v) is 3.49. The molecule has 152 valence electrons. The fourth-order valence-electron chi connectivity index (χ4n) is 3.49. The van der Waals surface area contributed by atoms with E-state index in [1.807, 2.05) is 13.8 Å². The molecule has 3 heterocycles. The molecule has 1 aliphatic rings. The predicted molar refractivity (Wildman–Crippen MR) is 106 cm³/mol. The van der Waals surface area contributed by atoms with Crippen LogP contribution in [0.4, 0.5) is 16.2 Å². The largest absolute Gasteiger partial charge is 0.371 e. The monoisotopic (exact) mass is 390 g/mol. The van der Waals surface area contributed by atoms with E-state index in [9.17, 15) is 4.79 Å². The second-order valence-electron chi connectivity index (χ2n) is 7.37. The molecule has 1 amide bonds. The van der Waals surface area contributed by atoms with Gasteiger partial charge < -0.3 is 10.1 Å². The average Bonchev–Trinajstić information content (AvgIpc) is 3.21. The quantitative estimate of drug-likeness (QED) is 0.735. The van der Waals surface area contributed by atoms with Crippen LogP contribution in [-0.4, -0.2) is 44.2 Å². The topological polar surface area (TPSA) is 94.0 Å². The van der Waals surface area contributed by atoms with Crippen molar-refractivity contribution in [3.8, 4) is 0 Å². The Labute approximate surface area is 163 Å². The number of aromatic nitrogens is 4. The molecule has 3 rings (SSSR count). The summed E-state index contributed by atoms with van der Waals surface area (Å²) in [4.78, 5) is 25.1. The molecule has 8 nitrogen and oxygen atoms in total. The van der Waals surface area contributed by atoms with E-state index in [1.54, 1.807) is 31.5 Å². The molecule has 0 unspecified atom stereocenters. The first kappa shape index (κ1) is 20.2. The van der Waals surface area contributed by atoms with Crippen LogP contribution in [0.1, 0.15) is 40.3 Å². The molecule has 0 aromatic carbocycles. The number of anilines is 2. The first-order valence-electron chi connectivity index (χ1n) is 9.46. The van der Waals surface area contributed by atoms with E-state index in [0.29, 0.717) is 23.4 Å². The molecule has 1 saturated heterocycles. The van der Waals surface area contributed by atoms with Crippen molar-refractivity contribution in [3.63, 3.8) is 0 Å². The zero-order chi connectivity index (χ0) is 20.6. The number of imidazole rings is 1. The molecule has 0 saturated carbocycles. The van der Waals surface area contributed by atoms with Gasteiger partial charge in [0, 0.05) is 18.9 Å². The summed E-state index contributed by atoms with van der Waals surface area (Å²) in [5.74, 6) is -0.241. The number of rotatable bonds is 6. The van der Waals surface area contributed by atoms with Gasteiger partial charge in [0.25, 0.3) is 0 Å². The molecule has 1 fully saturated rings. The minimum absolute atomic E-state index is 0.129. The smallest absolute Gasteiger partial charge is 0.233 e. The van der Waals surface area contributed by atoms with Crippen LogP contribution in [0, 0.1) is 11.8 Å². The van der Waals surface area contributed by atoms with Crippen molar-refractivity contribution in [2.45, 2.75) is 52.1 Å². The van der Waals surface area contributed by atoms with Gasteiger partial charge in [-0.25, -0.2) is 9.37 Å². The summed E-state index contributed by atoms with van der Waals surface area (Å²) in [6, 6.07) is 0. The lowest BCUT2D eigenvalue weighted by Crippen LogP contribution is -2.32. The van der Waals surface area contributed by atoms with Crippen molar-refractivity contribution < 1.29 is 13.9 Å². The number of ether oxygens (including phenoxy) is 1. The van der Waals surface area contributed by atoms with Crippen molar-refractivity contribution in [2.75, 3.05) is 17.7 Å². The Morgan fingerprint density at radius 3 is 2.75 bits per heavy atom. The zero-order valence-corrected chi connectivity index (χ0v) is 16.9. The molecule has 2 aromatic rings. The number of halogens is 1. The Bertz CT molecular complexity index is 898. The molecule has 28 heavy (non-hydrogen) atoms. The molecule has 4 atom stereocenters. The molecule has 9 heteroatoms. The highest BCUT2D eigenvalue weighted by atomic mass is 19.1. The SMILES string of the molecule is C=C[C@]1(CC)O[C@@H](n2cnc3c(NC)nc(NC(=O)C(C)C)nc32)[C@H](F)[C@@H]1C. The van der Waals surface area contributed by atoms with Crippen molar-refractivity contribution in [3.05, 3.63) is 19.0 Å². The van der Waals surface area contributed by atoms with Crippen molar-refractivity contribution in [1.82, 2.24) is 19.5 Å². The highest BCUT2D eigenvalue weighted by Crippen LogP contribution is 2.46. The highest BCUT2D eigenvalue weighted by molar-refractivity contribution is 5.92. The van der Waals surface area contributed by atoms with Gasteiger partial charge in [-0.05, 0) is 6.42 Å². The average molecular weight is 390 g/mol. The van der Waals surface area contributed by atoms with Crippen molar-refractivity contribution >= 4 is 28.8 Å².